The van der Waals surface area contributed by atoms with Crippen molar-refractivity contribution in [1.82, 2.24) is 9.78 Å². The van der Waals surface area contributed by atoms with Crippen molar-refractivity contribution < 1.29 is 0 Å². The third kappa shape index (κ3) is 2.28. The monoisotopic (exact) mass is 249 g/mol. The molecular weight excluding hydrogens is 234 g/mol. The summed E-state index contributed by atoms with van der Waals surface area (Å²) in [5.41, 5.74) is 10.0. The van der Waals surface area contributed by atoms with Crippen LogP contribution >= 0.6 is 0 Å². The van der Waals surface area contributed by atoms with E-state index in [1.165, 1.54) is 0 Å². The number of nitrogens with two attached hydrogens (primary N) is 1. The minimum absolute atomic E-state index is 0.372. The van der Waals surface area contributed by atoms with Crippen molar-refractivity contribution in [1.29, 1.82) is 0 Å². The van der Waals surface area contributed by atoms with Gasteiger partial charge in [-0.3, -0.25) is 4.68 Å². The van der Waals surface area contributed by atoms with Crippen molar-refractivity contribution in [2.75, 3.05) is 0 Å². The van der Waals surface area contributed by atoms with Crippen LogP contribution in [0.15, 0.2) is 66.7 Å². The van der Waals surface area contributed by atoms with Gasteiger partial charge in [-0.2, -0.15) is 5.10 Å². The van der Waals surface area contributed by atoms with E-state index in [1.807, 2.05) is 41.1 Å². The molecule has 0 bridgehead atoms. The van der Waals surface area contributed by atoms with Crippen molar-refractivity contribution >= 4 is 0 Å². The number of rotatable bonds is 3. The highest BCUT2D eigenvalue weighted by atomic mass is 15.3. The molecule has 0 radical (unpaired) electrons. The molecule has 0 saturated carbocycles. The lowest BCUT2D eigenvalue weighted by Gasteiger charge is -2.03. The summed E-state index contributed by atoms with van der Waals surface area (Å²) in [6, 6.07) is 22.4. The van der Waals surface area contributed by atoms with Crippen molar-refractivity contribution in [3.8, 4) is 22.5 Å². The fourth-order valence-electron chi connectivity index (χ4n) is 2.15. The molecule has 0 spiro atoms. The second-order valence-electron chi connectivity index (χ2n) is 4.33. The predicted octanol–water partition coefficient (Wildman–Crippen LogP) is 3.13. The molecule has 0 saturated heterocycles. The Morgan fingerprint density at radius 1 is 0.842 bits per heavy atom. The van der Waals surface area contributed by atoms with Crippen LogP contribution in [0.2, 0.25) is 0 Å². The van der Waals surface area contributed by atoms with Gasteiger partial charge in [-0.1, -0.05) is 60.7 Å². The van der Waals surface area contributed by atoms with E-state index < -0.39 is 0 Å². The highest BCUT2D eigenvalue weighted by molar-refractivity contribution is 5.68. The van der Waals surface area contributed by atoms with E-state index in [-0.39, 0.29) is 0 Å². The van der Waals surface area contributed by atoms with Gasteiger partial charge in [0, 0.05) is 5.56 Å². The number of hydrogen-bond donors (Lipinski definition) is 1. The minimum atomic E-state index is 0.372. The standard InChI is InChI=1S/C16H15N3/c17-12-19-16(14-9-5-2-6-10-14)11-15(18-19)13-7-3-1-4-8-13/h1-11H,12,17H2. The Balaban J connectivity index is 2.09. The van der Waals surface area contributed by atoms with E-state index >= 15 is 0 Å². The molecule has 0 aliphatic heterocycles. The van der Waals surface area contributed by atoms with Crippen LogP contribution in [-0.4, -0.2) is 9.78 Å². The summed E-state index contributed by atoms with van der Waals surface area (Å²) in [4.78, 5) is 0. The molecule has 0 amide bonds. The molecule has 19 heavy (non-hydrogen) atoms. The van der Waals surface area contributed by atoms with Crippen molar-refractivity contribution in [2.24, 2.45) is 5.73 Å². The number of nitrogens with zero attached hydrogens (tertiary/aromatic N) is 2. The van der Waals surface area contributed by atoms with Crippen LogP contribution in [0.1, 0.15) is 0 Å². The summed E-state index contributed by atoms with van der Waals surface area (Å²) in [7, 11) is 0. The quantitative estimate of drug-likeness (QED) is 0.775. The number of hydrogen-bond acceptors (Lipinski definition) is 2. The molecule has 1 aromatic heterocycles. The van der Waals surface area contributed by atoms with Gasteiger partial charge in [0.1, 0.15) is 0 Å². The summed E-state index contributed by atoms with van der Waals surface area (Å²) in [5.74, 6) is 0. The SMILES string of the molecule is NCn1nc(-c2ccccc2)cc1-c1ccccc1. The van der Waals surface area contributed by atoms with Gasteiger partial charge < -0.3 is 5.73 Å². The average molecular weight is 249 g/mol. The fourth-order valence-corrected chi connectivity index (χ4v) is 2.15. The lowest BCUT2D eigenvalue weighted by molar-refractivity contribution is 0.647. The zero-order chi connectivity index (χ0) is 13.1. The summed E-state index contributed by atoms with van der Waals surface area (Å²) in [6.07, 6.45) is 0. The van der Waals surface area contributed by atoms with Crippen LogP contribution in [-0.2, 0) is 6.67 Å². The lowest BCUT2D eigenvalue weighted by atomic mass is 10.1. The molecule has 1 heterocycles. The van der Waals surface area contributed by atoms with Crippen molar-refractivity contribution in [3.63, 3.8) is 0 Å². The molecule has 2 aromatic carbocycles. The van der Waals surface area contributed by atoms with Gasteiger partial charge in [0.05, 0.1) is 18.1 Å². The number of benzene rings is 2. The summed E-state index contributed by atoms with van der Waals surface area (Å²) >= 11 is 0. The first-order chi connectivity index (χ1) is 9.38. The van der Waals surface area contributed by atoms with Gasteiger partial charge >= 0.3 is 0 Å². The first-order valence-electron chi connectivity index (χ1n) is 6.27. The Morgan fingerprint density at radius 3 is 2.00 bits per heavy atom. The zero-order valence-corrected chi connectivity index (χ0v) is 10.5. The first-order valence-corrected chi connectivity index (χ1v) is 6.27. The molecule has 2 N–H and O–H groups in total. The lowest BCUT2D eigenvalue weighted by Crippen LogP contribution is -2.09. The van der Waals surface area contributed by atoms with Crippen molar-refractivity contribution in [3.05, 3.63) is 66.7 Å². The van der Waals surface area contributed by atoms with E-state index in [1.54, 1.807) is 0 Å². The molecule has 0 fully saturated rings. The molecule has 0 atom stereocenters. The second kappa shape index (κ2) is 5.08. The summed E-state index contributed by atoms with van der Waals surface area (Å²) in [6.45, 7) is 0.372. The molecular formula is C16H15N3. The van der Waals surface area contributed by atoms with Crippen LogP contribution in [0.3, 0.4) is 0 Å². The van der Waals surface area contributed by atoms with Crippen LogP contribution in [0.4, 0.5) is 0 Å². The van der Waals surface area contributed by atoms with Crippen LogP contribution in [0, 0.1) is 0 Å². The van der Waals surface area contributed by atoms with E-state index in [0.717, 1.165) is 22.5 Å². The first kappa shape index (κ1) is 11.7. The minimum Gasteiger partial charge on any atom is -0.312 e. The third-order valence-corrected chi connectivity index (χ3v) is 3.09. The van der Waals surface area contributed by atoms with E-state index in [4.69, 9.17) is 5.73 Å². The Kier molecular flexibility index (Phi) is 3.12. The molecule has 94 valence electrons. The Bertz CT molecular complexity index is 657. The summed E-state index contributed by atoms with van der Waals surface area (Å²) in [5, 5.41) is 4.57. The maximum absolute atomic E-state index is 5.78. The Hall–Kier alpha value is -2.39. The average Bonchev–Trinajstić information content (AvgIpc) is 2.93. The van der Waals surface area contributed by atoms with Gasteiger partial charge in [-0.05, 0) is 11.6 Å². The van der Waals surface area contributed by atoms with E-state index in [2.05, 4.69) is 35.4 Å². The van der Waals surface area contributed by atoms with Crippen LogP contribution in [0.25, 0.3) is 22.5 Å². The Labute approximate surface area is 112 Å². The molecule has 3 rings (SSSR count). The van der Waals surface area contributed by atoms with Crippen LogP contribution in [0.5, 0.6) is 0 Å². The second-order valence-corrected chi connectivity index (χ2v) is 4.33. The van der Waals surface area contributed by atoms with Gasteiger partial charge in [-0.25, -0.2) is 0 Å². The highest BCUT2D eigenvalue weighted by Gasteiger charge is 2.09. The van der Waals surface area contributed by atoms with Gasteiger partial charge in [0.2, 0.25) is 0 Å². The predicted molar refractivity (Wildman–Crippen MR) is 77.3 cm³/mol. The molecule has 0 aliphatic rings. The van der Waals surface area contributed by atoms with Gasteiger partial charge in [0.15, 0.2) is 0 Å². The van der Waals surface area contributed by atoms with Gasteiger partial charge in [0.25, 0.3) is 0 Å². The van der Waals surface area contributed by atoms with Crippen molar-refractivity contribution in [2.45, 2.75) is 6.67 Å². The largest absolute Gasteiger partial charge is 0.312 e. The third-order valence-electron chi connectivity index (χ3n) is 3.09. The molecule has 0 aliphatic carbocycles. The Morgan fingerprint density at radius 2 is 1.42 bits per heavy atom. The molecule has 3 aromatic rings. The van der Waals surface area contributed by atoms with E-state index in [0.29, 0.717) is 6.67 Å². The molecule has 3 heteroatoms. The number of aromatic nitrogens is 2. The van der Waals surface area contributed by atoms with E-state index in [9.17, 15) is 0 Å². The van der Waals surface area contributed by atoms with Crippen LogP contribution < -0.4 is 5.73 Å². The normalized spacial score (nSPS) is 10.6. The molecule has 3 nitrogen and oxygen atoms in total. The van der Waals surface area contributed by atoms with Gasteiger partial charge in [-0.15, -0.1) is 0 Å². The maximum Gasteiger partial charge on any atom is 0.0930 e. The smallest absolute Gasteiger partial charge is 0.0930 e. The summed E-state index contributed by atoms with van der Waals surface area (Å²) < 4.78 is 1.83. The highest BCUT2D eigenvalue weighted by Crippen LogP contribution is 2.25. The topological polar surface area (TPSA) is 43.8 Å². The maximum atomic E-state index is 5.78. The zero-order valence-electron chi connectivity index (χ0n) is 10.5. The fraction of sp³-hybridized carbons (Fsp3) is 0.0625. The molecule has 0 unspecified atom stereocenters.